The molecule has 1 amide bonds. The number of hydrogen-bond acceptors (Lipinski definition) is 5. The number of likely N-dealkylation sites (tertiary alicyclic amines) is 1. The zero-order valence-corrected chi connectivity index (χ0v) is 18.1. The van der Waals surface area contributed by atoms with Gasteiger partial charge in [-0.2, -0.15) is 0 Å². The molecule has 2 aromatic heterocycles. The molecule has 6 heteroatoms. The van der Waals surface area contributed by atoms with Crippen molar-refractivity contribution < 1.29 is 4.79 Å². The maximum absolute atomic E-state index is 12.8. The number of aromatic nitrogens is 3. The van der Waals surface area contributed by atoms with E-state index in [1.54, 1.807) is 12.4 Å². The highest BCUT2D eigenvalue weighted by atomic mass is 16.2. The predicted octanol–water partition coefficient (Wildman–Crippen LogP) is 5.03. The first-order valence-electron chi connectivity index (χ1n) is 11.0. The number of piperidine rings is 1. The minimum absolute atomic E-state index is 0.128. The van der Waals surface area contributed by atoms with Crippen molar-refractivity contribution in [3.63, 3.8) is 0 Å². The van der Waals surface area contributed by atoms with E-state index in [-0.39, 0.29) is 5.91 Å². The van der Waals surface area contributed by atoms with Crippen LogP contribution in [0.2, 0.25) is 0 Å². The maximum atomic E-state index is 12.8. The molecule has 32 heavy (non-hydrogen) atoms. The fraction of sp³-hybridized carbons (Fsp3) is 0.231. The summed E-state index contributed by atoms with van der Waals surface area (Å²) in [6, 6.07) is 17.9. The fourth-order valence-corrected chi connectivity index (χ4v) is 4.21. The average Bonchev–Trinajstić information content (AvgIpc) is 2.88. The summed E-state index contributed by atoms with van der Waals surface area (Å²) in [5.41, 5.74) is 4.61. The number of pyridine rings is 1. The summed E-state index contributed by atoms with van der Waals surface area (Å²) >= 11 is 0. The molecule has 0 saturated carbocycles. The van der Waals surface area contributed by atoms with Gasteiger partial charge in [-0.25, -0.2) is 9.97 Å². The number of nitrogens with zero attached hydrogens (tertiary/aromatic N) is 4. The van der Waals surface area contributed by atoms with E-state index in [2.05, 4.69) is 22.4 Å². The Kier molecular flexibility index (Phi) is 5.50. The van der Waals surface area contributed by atoms with Gasteiger partial charge in [-0.05, 0) is 66.8 Å². The van der Waals surface area contributed by atoms with E-state index in [1.807, 2.05) is 54.4 Å². The standard InChI is InChI=1S/C26H25N5O/c1-27-25-22-16-20(11-12-23(22)29-24(30-25)21-6-5-13-28-17-21)18-7-9-19(10-8-18)26(32)31-14-3-2-4-15-31/h5-13,16-17H,2-4,14-15H2,1H3,(H,27,29,30). The van der Waals surface area contributed by atoms with Gasteiger partial charge in [0, 0.05) is 49.0 Å². The van der Waals surface area contributed by atoms with Crippen molar-refractivity contribution in [3.8, 4) is 22.5 Å². The number of anilines is 1. The second-order valence-electron chi connectivity index (χ2n) is 8.05. The first-order valence-corrected chi connectivity index (χ1v) is 11.0. The van der Waals surface area contributed by atoms with Crippen molar-refractivity contribution in [2.45, 2.75) is 19.3 Å². The predicted molar refractivity (Wildman–Crippen MR) is 128 cm³/mol. The van der Waals surface area contributed by atoms with E-state index in [0.717, 1.165) is 64.9 Å². The third kappa shape index (κ3) is 3.91. The van der Waals surface area contributed by atoms with Crippen LogP contribution in [0.25, 0.3) is 33.4 Å². The Labute approximate surface area is 187 Å². The quantitative estimate of drug-likeness (QED) is 0.499. The summed E-state index contributed by atoms with van der Waals surface area (Å²) in [5.74, 6) is 1.54. The Balaban J connectivity index is 1.46. The number of amides is 1. The largest absolute Gasteiger partial charge is 0.373 e. The highest BCUT2D eigenvalue weighted by Gasteiger charge is 2.18. The third-order valence-corrected chi connectivity index (χ3v) is 5.96. The van der Waals surface area contributed by atoms with Crippen LogP contribution in [0.15, 0.2) is 67.0 Å². The molecular weight excluding hydrogens is 398 g/mol. The van der Waals surface area contributed by atoms with Gasteiger partial charge in [-0.3, -0.25) is 9.78 Å². The number of carbonyl (C=O) groups is 1. The molecule has 0 radical (unpaired) electrons. The van der Waals surface area contributed by atoms with E-state index in [4.69, 9.17) is 9.97 Å². The average molecular weight is 424 g/mol. The molecule has 1 saturated heterocycles. The van der Waals surface area contributed by atoms with Gasteiger partial charge in [0.25, 0.3) is 5.91 Å². The van der Waals surface area contributed by atoms with Gasteiger partial charge in [0.05, 0.1) is 5.52 Å². The summed E-state index contributed by atoms with van der Waals surface area (Å²) in [7, 11) is 1.86. The molecule has 0 unspecified atom stereocenters. The van der Waals surface area contributed by atoms with Crippen LogP contribution in [0, 0.1) is 0 Å². The number of fused-ring (bicyclic) bond motifs is 1. The zero-order chi connectivity index (χ0) is 21.9. The van der Waals surface area contributed by atoms with Crippen LogP contribution in [0.5, 0.6) is 0 Å². The van der Waals surface area contributed by atoms with Crippen LogP contribution >= 0.6 is 0 Å². The minimum Gasteiger partial charge on any atom is -0.373 e. The molecule has 1 aliphatic heterocycles. The van der Waals surface area contributed by atoms with Gasteiger partial charge >= 0.3 is 0 Å². The summed E-state index contributed by atoms with van der Waals surface area (Å²) in [6.07, 6.45) is 6.91. The Morgan fingerprint density at radius 3 is 2.41 bits per heavy atom. The van der Waals surface area contributed by atoms with Gasteiger partial charge in [0.1, 0.15) is 5.82 Å². The first kappa shape index (κ1) is 20.1. The lowest BCUT2D eigenvalue weighted by Crippen LogP contribution is -2.35. The number of hydrogen-bond donors (Lipinski definition) is 1. The summed E-state index contributed by atoms with van der Waals surface area (Å²) in [5, 5.41) is 4.15. The summed E-state index contributed by atoms with van der Waals surface area (Å²) < 4.78 is 0. The molecule has 2 aromatic carbocycles. The highest BCUT2D eigenvalue weighted by Crippen LogP contribution is 2.29. The smallest absolute Gasteiger partial charge is 0.253 e. The van der Waals surface area contributed by atoms with E-state index >= 15 is 0 Å². The van der Waals surface area contributed by atoms with Crippen LogP contribution in [-0.4, -0.2) is 45.9 Å². The van der Waals surface area contributed by atoms with Crippen LogP contribution < -0.4 is 5.32 Å². The lowest BCUT2D eigenvalue weighted by Gasteiger charge is -2.26. The summed E-state index contributed by atoms with van der Waals surface area (Å²) in [6.45, 7) is 1.72. The molecule has 1 fully saturated rings. The Bertz CT molecular complexity index is 1250. The van der Waals surface area contributed by atoms with Crippen molar-refractivity contribution in [1.29, 1.82) is 0 Å². The highest BCUT2D eigenvalue weighted by molar-refractivity contribution is 5.96. The molecule has 0 aliphatic carbocycles. The Morgan fingerprint density at radius 1 is 0.906 bits per heavy atom. The molecule has 3 heterocycles. The second-order valence-corrected chi connectivity index (χ2v) is 8.05. The Morgan fingerprint density at radius 2 is 1.69 bits per heavy atom. The van der Waals surface area contributed by atoms with E-state index in [0.29, 0.717) is 5.82 Å². The molecule has 1 N–H and O–H groups in total. The fourth-order valence-electron chi connectivity index (χ4n) is 4.21. The molecular formula is C26H25N5O. The molecule has 4 aromatic rings. The van der Waals surface area contributed by atoms with Crippen molar-refractivity contribution in [2.24, 2.45) is 0 Å². The molecule has 0 atom stereocenters. The monoisotopic (exact) mass is 423 g/mol. The van der Waals surface area contributed by atoms with Crippen molar-refractivity contribution >= 4 is 22.6 Å². The topological polar surface area (TPSA) is 71.0 Å². The van der Waals surface area contributed by atoms with Crippen LogP contribution in [0.1, 0.15) is 29.6 Å². The molecule has 6 nitrogen and oxygen atoms in total. The van der Waals surface area contributed by atoms with Gasteiger partial charge in [-0.15, -0.1) is 0 Å². The zero-order valence-electron chi connectivity index (χ0n) is 18.1. The lowest BCUT2D eigenvalue weighted by atomic mass is 10.0. The van der Waals surface area contributed by atoms with Crippen molar-refractivity contribution in [2.75, 3.05) is 25.5 Å². The van der Waals surface area contributed by atoms with E-state index in [1.165, 1.54) is 6.42 Å². The third-order valence-electron chi connectivity index (χ3n) is 5.96. The molecule has 5 rings (SSSR count). The first-order chi connectivity index (χ1) is 15.7. The second kappa shape index (κ2) is 8.75. The van der Waals surface area contributed by atoms with Gasteiger partial charge < -0.3 is 10.2 Å². The van der Waals surface area contributed by atoms with E-state index in [9.17, 15) is 4.79 Å². The maximum Gasteiger partial charge on any atom is 0.253 e. The molecule has 0 bridgehead atoms. The van der Waals surface area contributed by atoms with Crippen molar-refractivity contribution in [1.82, 2.24) is 19.9 Å². The number of nitrogens with one attached hydrogen (secondary N) is 1. The Hall–Kier alpha value is -3.80. The van der Waals surface area contributed by atoms with Gasteiger partial charge in [-0.1, -0.05) is 18.2 Å². The van der Waals surface area contributed by atoms with Crippen molar-refractivity contribution in [3.05, 3.63) is 72.6 Å². The van der Waals surface area contributed by atoms with Crippen LogP contribution in [0.4, 0.5) is 5.82 Å². The van der Waals surface area contributed by atoms with Crippen LogP contribution in [0.3, 0.4) is 0 Å². The SMILES string of the molecule is CNc1nc(-c2cccnc2)nc2ccc(-c3ccc(C(=O)N4CCCCC4)cc3)cc12. The minimum atomic E-state index is 0.128. The molecule has 160 valence electrons. The van der Waals surface area contributed by atoms with E-state index < -0.39 is 0 Å². The molecule has 1 aliphatic rings. The number of carbonyl (C=O) groups excluding carboxylic acids is 1. The molecule has 0 spiro atoms. The normalized spacial score (nSPS) is 13.8. The van der Waals surface area contributed by atoms with Crippen LogP contribution in [-0.2, 0) is 0 Å². The summed E-state index contributed by atoms with van der Waals surface area (Å²) in [4.78, 5) is 28.3. The van der Waals surface area contributed by atoms with Gasteiger partial charge in [0.15, 0.2) is 5.82 Å². The number of rotatable bonds is 4. The van der Waals surface area contributed by atoms with Gasteiger partial charge in [0.2, 0.25) is 0 Å². The number of benzene rings is 2. The lowest BCUT2D eigenvalue weighted by molar-refractivity contribution is 0.0724.